The maximum Gasteiger partial charge on any atom is 0.127 e. The van der Waals surface area contributed by atoms with E-state index >= 15 is 0 Å². The second-order valence-corrected chi connectivity index (χ2v) is 5.08. The van der Waals surface area contributed by atoms with Crippen molar-refractivity contribution >= 4 is 15.9 Å². The Labute approximate surface area is 110 Å². The number of hydrogen-bond donors (Lipinski definition) is 1. The fraction of sp³-hybridized carbons (Fsp3) is 0.538. The first-order chi connectivity index (χ1) is 8.08. The summed E-state index contributed by atoms with van der Waals surface area (Å²) >= 11 is 3.23. The van der Waals surface area contributed by atoms with Gasteiger partial charge in [-0.2, -0.15) is 0 Å². The van der Waals surface area contributed by atoms with Crippen LogP contribution in [0.4, 0.5) is 4.39 Å². The Bertz CT molecular complexity index is 359. The number of hydrogen-bond acceptors (Lipinski definition) is 2. The van der Waals surface area contributed by atoms with Crippen LogP contribution in [0, 0.1) is 5.82 Å². The molecule has 0 saturated heterocycles. The van der Waals surface area contributed by atoms with Gasteiger partial charge in [-0.15, -0.1) is 0 Å². The third-order valence-electron chi connectivity index (χ3n) is 2.82. The minimum absolute atomic E-state index is 0.0111. The molecule has 2 atom stereocenters. The van der Waals surface area contributed by atoms with Gasteiger partial charge in [0.1, 0.15) is 5.82 Å². The number of nitrogens with two attached hydrogens (primary N) is 1. The quantitative estimate of drug-likeness (QED) is 0.875. The zero-order valence-corrected chi connectivity index (χ0v) is 11.8. The fourth-order valence-electron chi connectivity index (χ4n) is 1.86. The summed E-state index contributed by atoms with van der Waals surface area (Å²) in [5.41, 5.74) is 6.69. The number of ether oxygens (including phenoxy) is 1. The molecule has 17 heavy (non-hydrogen) atoms. The van der Waals surface area contributed by atoms with Gasteiger partial charge in [0.05, 0.1) is 6.10 Å². The first-order valence-corrected chi connectivity index (χ1v) is 6.60. The predicted octanol–water partition coefficient (Wildman–Crippen LogP) is 3.27. The summed E-state index contributed by atoms with van der Waals surface area (Å²) in [6.45, 7) is 2.08. The molecule has 1 aromatic rings. The van der Waals surface area contributed by atoms with E-state index in [0.29, 0.717) is 12.0 Å². The van der Waals surface area contributed by atoms with Crippen LogP contribution in [0.15, 0.2) is 22.7 Å². The van der Waals surface area contributed by atoms with Gasteiger partial charge in [0.15, 0.2) is 0 Å². The van der Waals surface area contributed by atoms with Gasteiger partial charge in [-0.3, -0.25) is 0 Å². The average molecular weight is 304 g/mol. The van der Waals surface area contributed by atoms with E-state index in [9.17, 15) is 4.39 Å². The smallest absolute Gasteiger partial charge is 0.127 e. The maximum absolute atomic E-state index is 13.6. The SMILES string of the molecule is CCCC(OC)C(N)Cc1ccc(Br)cc1F. The lowest BCUT2D eigenvalue weighted by molar-refractivity contribution is 0.0724. The van der Waals surface area contributed by atoms with Crippen LogP contribution in [-0.2, 0) is 11.2 Å². The van der Waals surface area contributed by atoms with E-state index in [1.807, 2.05) is 6.07 Å². The van der Waals surface area contributed by atoms with Gasteiger partial charge in [0, 0.05) is 17.6 Å². The van der Waals surface area contributed by atoms with Gasteiger partial charge in [0.25, 0.3) is 0 Å². The van der Waals surface area contributed by atoms with Crippen LogP contribution in [0.2, 0.25) is 0 Å². The van der Waals surface area contributed by atoms with Crippen LogP contribution in [0.25, 0.3) is 0 Å². The summed E-state index contributed by atoms with van der Waals surface area (Å²) < 4.78 is 19.7. The van der Waals surface area contributed by atoms with Crippen molar-refractivity contribution in [3.63, 3.8) is 0 Å². The van der Waals surface area contributed by atoms with Gasteiger partial charge in [0.2, 0.25) is 0 Å². The highest BCUT2D eigenvalue weighted by Crippen LogP contribution is 2.18. The summed E-state index contributed by atoms with van der Waals surface area (Å²) in [6.07, 6.45) is 2.39. The number of benzene rings is 1. The second-order valence-electron chi connectivity index (χ2n) is 4.17. The molecule has 0 bridgehead atoms. The van der Waals surface area contributed by atoms with Crippen LogP contribution in [0.1, 0.15) is 25.3 Å². The summed E-state index contributed by atoms with van der Waals surface area (Å²) in [5.74, 6) is -0.221. The van der Waals surface area contributed by atoms with Crippen molar-refractivity contribution in [2.75, 3.05) is 7.11 Å². The lowest BCUT2D eigenvalue weighted by Crippen LogP contribution is -2.38. The van der Waals surface area contributed by atoms with E-state index in [1.165, 1.54) is 6.07 Å². The number of methoxy groups -OCH3 is 1. The summed E-state index contributed by atoms with van der Waals surface area (Å²) in [7, 11) is 1.65. The predicted molar refractivity (Wildman–Crippen MR) is 71.5 cm³/mol. The zero-order chi connectivity index (χ0) is 12.8. The van der Waals surface area contributed by atoms with Crippen LogP contribution in [-0.4, -0.2) is 19.3 Å². The normalized spacial score (nSPS) is 14.6. The van der Waals surface area contributed by atoms with E-state index in [1.54, 1.807) is 13.2 Å². The molecule has 1 rings (SSSR count). The van der Waals surface area contributed by atoms with Crippen molar-refractivity contribution in [2.24, 2.45) is 5.73 Å². The molecular formula is C13H19BrFNO. The lowest BCUT2D eigenvalue weighted by atomic mass is 9.99. The summed E-state index contributed by atoms with van der Waals surface area (Å²) in [6, 6.07) is 4.88. The van der Waals surface area contributed by atoms with E-state index in [0.717, 1.165) is 17.3 Å². The van der Waals surface area contributed by atoms with Crippen molar-refractivity contribution in [1.82, 2.24) is 0 Å². The molecule has 2 unspecified atom stereocenters. The average Bonchev–Trinajstić information content (AvgIpc) is 2.29. The van der Waals surface area contributed by atoms with Gasteiger partial charge in [-0.25, -0.2) is 4.39 Å². The third-order valence-corrected chi connectivity index (χ3v) is 3.32. The largest absolute Gasteiger partial charge is 0.380 e. The Morgan fingerprint density at radius 3 is 2.71 bits per heavy atom. The van der Waals surface area contributed by atoms with E-state index in [2.05, 4.69) is 22.9 Å². The Morgan fingerprint density at radius 2 is 2.18 bits per heavy atom. The molecule has 4 heteroatoms. The first kappa shape index (κ1) is 14.6. The highest BCUT2D eigenvalue weighted by Gasteiger charge is 2.18. The van der Waals surface area contributed by atoms with Crippen LogP contribution in [0.5, 0.6) is 0 Å². The van der Waals surface area contributed by atoms with Crippen molar-refractivity contribution in [1.29, 1.82) is 0 Å². The minimum Gasteiger partial charge on any atom is -0.380 e. The molecule has 2 nitrogen and oxygen atoms in total. The first-order valence-electron chi connectivity index (χ1n) is 5.80. The summed E-state index contributed by atoms with van der Waals surface area (Å²) in [4.78, 5) is 0. The molecule has 0 aliphatic heterocycles. The van der Waals surface area contributed by atoms with Gasteiger partial charge < -0.3 is 10.5 Å². The van der Waals surface area contributed by atoms with Gasteiger partial charge >= 0.3 is 0 Å². The van der Waals surface area contributed by atoms with Crippen molar-refractivity contribution in [3.05, 3.63) is 34.1 Å². The topological polar surface area (TPSA) is 35.2 Å². The molecule has 2 N–H and O–H groups in total. The molecule has 0 aliphatic rings. The van der Waals surface area contributed by atoms with Gasteiger partial charge in [-0.05, 0) is 30.5 Å². The summed E-state index contributed by atoms with van der Waals surface area (Å²) in [5, 5.41) is 0. The molecule has 0 spiro atoms. The van der Waals surface area contributed by atoms with Crippen LogP contribution >= 0.6 is 15.9 Å². The zero-order valence-electron chi connectivity index (χ0n) is 10.2. The lowest BCUT2D eigenvalue weighted by Gasteiger charge is -2.22. The third kappa shape index (κ3) is 4.37. The molecule has 0 aliphatic carbocycles. The van der Waals surface area contributed by atoms with Crippen LogP contribution in [0.3, 0.4) is 0 Å². The maximum atomic E-state index is 13.6. The molecule has 1 aromatic carbocycles. The van der Waals surface area contributed by atoms with Crippen molar-refractivity contribution < 1.29 is 9.13 Å². The van der Waals surface area contributed by atoms with Crippen LogP contribution < -0.4 is 5.73 Å². The van der Waals surface area contributed by atoms with Crippen molar-refractivity contribution in [2.45, 2.75) is 38.3 Å². The Morgan fingerprint density at radius 1 is 1.47 bits per heavy atom. The molecule has 0 radical (unpaired) electrons. The molecule has 96 valence electrons. The van der Waals surface area contributed by atoms with Crippen molar-refractivity contribution in [3.8, 4) is 0 Å². The molecule has 0 fully saturated rings. The molecule has 0 saturated carbocycles. The Hall–Kier alpha value is -0.450. The molecule has 0 aromatic heterocycles. The van der Waals surface area contributed by atoms with Gasteiger partial charge in [-0.1, -0.05) is 35.3 Å². The second kappa shape index (κ2) is 7.09. The molecule has 0 amide bonds. The molecule has 0 heterocycles. The minimum atomic E-state index is -0.221. The highest BCUT2D eigenvalue weighted by atomic mass is 79.9. The Balaban J connectivity index is 2.69. The van der Waals surface area contributed by atoms with E-state index < -0.39 is 0 Å². The fourth-order valence-corrected chi connectivity index (χ4v) is 2.20. The number of rotatable bonds is 6. The number of halogens is 2. The highest BCUT2D eigenvalue weighted by molar-refractivity contribution is 9.10. The molecular weight excluding hydrogens is 285 g/mol. The monoisotopic (exact) mass is 303 g/mol. The standard InChI is InChI=1S/C13H19BrFNO/c1-3-4-13(17-2)12(16)7-9-5-6-10(14)8-11(9)15/h5-6,8,12-13H,3-4,7,16H2,1-2H3. The Kier molecular flexibility index (Phi) is 6.09. The van der Waals surface area contributed by atoms with E-state index in [4.69, 9.17) is 10.5 Å². The van der Waals surface area contributed by atoms with E-state index in [-0.39, 0.29) is 18.0 Å².